The molecule has 1 aromatic carbocycles. The third kappa shape index (κ3) is 5.11. The lowest BCUT2D eigenvalue weighted by molar-refractivity contribution is -0.139. The fraction of sp³-hybridized carbons (Fsp3) is 0.500. The number of carbonyl (C=O) groups excluding carboxylic acids is 1. The van der Waals surface area contributed by atoms with Gasteiger partial charge in [-0.25, -0.2) is 4.79 Å². The van der Waals surface area contributed by atoms with Crippen LogP contribution in [0.4, 0.5) is 0 Å². The van der Waals surface area contributed by atoms with Crippen molar-refractivity contribution in [2.75, 3.05) is 26.2 Å². The monoisotopic (exact) mass is 340 g/mol. The lowest BCUT2D eigenvalue weighted by atomic mass is 10.1. The van der Waals surface area contributed by atoms with E-state index in [0.29, 0.717) is 30.4 Å². The highest BCUT2D eigenvalue weighted by Gasteiger charge is 2.28. The Labute approximate surface area is 140 Å². The largest absolute Gasteiger partial charge is 0.482 e. The Morgan fingerprint density at radius 3 is 2.96 bits per heavy atom. The molecule has 0 saturated carbocycles. The zero-order chi connectivity index (χ0) is 16.8. The fourth-order valence-corrected chi connectivity index (χ4v) is 2.90. The van der Waals surface area contributed by atoms with Crippen LogP contribution in [0.15, 0.2) is 18.2 Å². The Hall–Kier alpha value is -1.79. The number of rotatable bonds is 7. The third-order valence-corrected chi connectivity index (χ3v) is 4.00. The number of likely N-dealkylation sites (tertiary alicyclic amines) is 1. The van der Waals surface area contributed by atoms with Crippen molar-refractivity contribution < 1.29 is 19.4 Å². The number of hydrogen-bond donors (Lipinski definition) is 2. The van der Waals surface area contributed by atoms with Gasteiger partial charge in [0.1, 0.15) is 5.75 Å². The molecule has 0 radical (unpaired) electrons. The van der Waals surface area contributed by atoms with Gasteiger partial charge in [0, 0.05) is 30.2 Å². The van der Waals surface area contributed by atoms with Crippen LogP contribution in [0.25, 0.3) is 0 Å². The Kier molecular flexibility index (Phi) is 6.24. The number of carbonyl (C=O) groups is 2. The van der Waals surface area contributed by atoms with Gasteiger partial charge in [-0.1, -0.05) is 11.6 Å². The zero-order valence-corrected chi connectivity index (χ0v) is 13.8. The fourth-order valence-electron chi connectivity index (χ4n) is 2.70. The van der Waals surface area contributed by atoms with Gasteiger partial charge < -0.3 is 15.2 Å². The first kappa shape index (κ1) is 17.6. The van der Waals surface area contributed by atoms with Crippen LogP contribution in [0.1, 0.15) is 18.9 Å². The van der Waals surface area contributed by atoms with Crippen molar-refractivity contribution in [1.29, 1.82) is 0 Å². The minimum atomic E-state index is -1.02. The second-order valence-electron chi connectivity index (χ2n) is 5.55. The van der Waals surface area contributed by atoms with Gasteiger partial charge in [0.25, 0.3) is 0 Å². The molecule has 0 unspecified atom stereocenters. The normalized spacial score (nSPS) is 17.9. The van der Waals surface area contributed by atoms with Gasteiger partial charge in [-0.3, -0.25) is 9.69 Å². The molecular weight excluding hydrogens is 320 g/mol. The van der Waals surface area contributed by atoms with Crippen LogP contribution in [0, 0.1) is 5.92 Å². The number of nitrogens with zero attached hydrogens (tertiary/aromatic N) is 1. The van der Waals surface area contributed by atoms with E-state index in [1.54, 1.807) is 18.2 Å². The summed E-state index contributed by atoms with van der Waals surface area (Å²) in [6.45, 7) is 4.21. The minimum absolute atomic E-state index is 0.00229. The van der Waals surface area contributed by atoms with E-state index in [2.05, 4.69) is 10.2 Å². The molecule has 2 N–H and O–H groups in total. The van der Waals surface area contributed by atoms with E-state index in [-0.39, 0.29) is 11.8 Å². The maximum atomic E-state index is 11.9. The van der Waals surface area contributed by atoms with E-state index < -0.39 is 12.6 Å². The summed E-state index contributed by atoms with van der Waals surface area (Å²) in [5.41, 5.74) is 0.829. The maximum absolute atomic E-state index is 11.9. The van der Waals surface area contributed by atoms with Crippen LogP contribution in [-0.2, 0) is 16.1 Å². The molecule has 1 amide bonds. The summed E-state index contributed by atoms with van der Waals surface area (Å²) in [7, 11) is 0. The summed E-state index contributed by atoms with van der Waals surface area (Å²) >= 11 is 6.03. The van der Waals surface area contributed by atoms with Crippen molar-refractivity contribution in [1.82, 2.24) is 10.2 Å². The SMILES string of the molecule is CCNC(=O)[C@H]1CCN(Cc2cc(Cl)ccc2OCC(=O)O)C1. The molecule has 0 aliphatic carbocycles. The third-order valence-electron chi connectivity index (χ3n) is 3.76. The molecule has 1 aliphatic heterocycles. The van der Waals surface area contributed by atoms with E-state index in [9.17, 15) is 9.59 Å². The van der Waals surface area contributed by atoms with Crippen molar-refractivity contribution in [3.63, 3.8) is 0 Å². The Bertz CT molecular complexity index is 579. The van der Waals surface area contributed by atoms with Crippen molar-refractivity contribution in [2.45, 2.75) is 19.9 Å². The zero-order valence-electron chi connectivity index (χ0n) is 13.0. The molecule has 0 spiro atoms. The standard InChI is InChI=1S/C16H21ClN2O4/c1-2-18-16(22)11-5-6-19(8-11)9-12-7-13(17)3-4-14(12)23-10-15(20)21/h3-4,7,11H,2,5-6,8-10H2,1H3,(H,18,22)(H,20,21)/t11-/m0/s1. The first-order chi connectivity index (χ1) is 11.0. The molecule has 2 rings (SSSR count). The second kappa shape index (κ2) is 8.17. The summed E-state index contributed by atoms with van der Waals surface area (Å²) in [6, 6.07) is 5.12. The van der Waals surface area contributed by atoms with Crippen LogP contribution in [-0.4, -0.2) is 48.1 Å². The summed E-state index contributed by atoms with van der Waals surface area (Å²) < 4.78 is 5.31. The van der Waals surface area contributed by atoms with E-state index >= 15 is 0 Å². The van der Waals surface area contributed by atoms with Crippen LogP contribution < -0.4 is 10.1 Å². The quantitative estimate of drug-likeness (QED) is 0.790. The highest BCUT2D eigenvalue weighted by Crippen LogP contribution is 2.27. The van der Waals surface area contributed by atoms with E-state index in [1.807, 2.05) is 6.92 Å². The van der Waals surface area contributed by atoms with Crippen LogP contribution in [0.5, 0.6) is 5.75 Å². The Balaban J connectivity index is 2.01. The number of carboxylic acids is 1. The first-order valence-corrected chi connectivity index (χ1v) is 8.00. The summed E-state index contributed by atoms with van der Waals surface area (Å²) in [6.07, 6.45) is 0.817. The Morgan fingerprint density at radius 1 is 1.48 bits per heavy atom. The summed E-state index contributed by atoms with van der Waals surface area (Å²) in [5.74, 6) is -0.428. The molecule has 1 aliphatic rings. The number of amides is 1. The van der Waals surface area contributed by atoms with E-state index in [0.717, 1.165) is 18.5 Å². The summed E-state index contributed by atoms with van der Waals surface area (Å²) in [4.78, 5) is 24.7. The highest BCUT2D eigenvalue weighted by atomic mass is 35.5. The van der Waals surface area contributed by atoms with Gasteiger partial charge in [-0.2, -0.15) is 0 Å². The molecule has 1 aromatic rings. The van der Waals surface area contributed by atoms with Crippen LogP contribution in [0.3, 0.4) is 0 Å². The average Bonchev–Trinajstić information content (AvgIpc) is 2.95. The van der Waals surface area contributed by atoms with Crippen molar-refractivity contribution in [3.05, 3.63) is 28.8 Å². The van der Waals surface area contributed by atoms with Gasteiger partial charge in [0.15, 0.2) is 6.61 Å². The molecule has 23 heavy (non-hydrogen) atoms. The van der Waals surface area contributed by atoms with Gasteiger partial charge in [-0.15, -0.1) is 0 Å². The van der Waals surface area contributed by atoms with Gasteiger partial charge in [-0.05, 0) is 38.1 Å². The molecule has 126 valence electrons. The van der Waals surface area contributed by atoms with E-state index in [4.69, 9.17) is 21.4 Å². The lowest BCUT2D eigenvalue weighted by Crippen LogP contribution is -2.32. The number of nitrogens with one attached hydrogen (secondary N) is 1. The number of carboxylic acid groups (broad SMARTS) is 1. The van der Waals surface area contributed by atoms with Crippen molar-refractivity contribution in [3.8, 4) is 5.75 Å². The van der Waals surface area contributed by atoms with Gasteiger partial charge in [0.2, 0.25) is 5.91 Å². The second-order valence-corrected chi connectivity index (χ2v) is 5.99. The number of aliphatic carboxylic acids is 1. The molecule has 6 nitrogen and oxygen atoms in total. The van der Waals surface area contributed by atoms with Crippen molar-refractivity contribution >= 4 is 23.5 Å². The molecule has 1 atom stereocenters. The average molecular weight is 341 g/mol. The lowest BCUT2D eigenvalue weighted by Gasteiger charge is -2.18. The molecule has 1 fully saturated rings. The topological polar surface area (TPSA) is 78.9 Å². The maximum Gasteiger partial charge on any atom is 0.341 e. The van der Waals surface area contributed by atoms with Crippen LogP contribution in [0.2, 0.25) is 5.02 Å². The molecule has 1 saturated heterocycles. The number of hydrogen-bond acceptors (Lipinski definition) is 4. The van der Waals surface area contributed by atoms with E-state index in [1.165, 1.54) is 0 Å². The van der Waals surface area contributed by atoms with Gasteiger partial charge >= 0.3 is 5.97 Å². The molecular formula is C16H21ClN2O4. The molecule has 1 heterocycles. The summed E-state index contributed by atoms with van der Waals surface area (Å²) in [5, 5.41) is 12.2. The minimum Gasteiger partial charge on any atom is -0.482 e. The van der Waals surface area contributed by atoms with Crippen molar-refractivity contribution in [2.24, 2.45) is 5.92 Å². The highest BCUT2D eigenvalue weighted by molar-refractivity contribution is 6.30. The number of halogens is 1. The predicted octanol–water partition coefficient (Wildman–Crippen LogP) is 1.76. The number of ether oxygens (including phenoxy) is 1. The molecule has 0 bridgehead atoms. The molecule has 0 aromatic heterocycles. The van der Waals surface area contributed by atoms with Crippen LogP contribution >= 0.6 is 11.6 Å². The predicted molar refractivity (Wildman–Crippen MR) is 86.7 cm³/mol. The smallest absolute Gasteiger partial charge is 0.341 e. The molecule has 7 heteroatoms. The van der Waals surface area contributed by atoms with Gasteiger partial charge in [0.05, 0.1) is 5.92 Å². The Morgan fingerprint density at radius 2 is 2.26 bits per heavy atom. The number of benzene rings is 1. The first-order valence-electron chi connectivity index (χ1n) is 7.62.